The maximum Gasteiger partial charge on any atom is 0.407 e. The standard InChI is InChI=1S/C71H105N7O23/c1-39(2)63(77-59(82)21-25-91-27-28-92-26-22-62(85)101-78-60(83)18-19-61(78)84)68(87)76-52(9-8-24-73-69(72)88)67(86)75-46-12-10-44(11-13-46)37-94-70(89)74-36-48(80)33-56-64(90-7)45(38-93-56)31-47(79)32-50-15-17-55-66(97-50)58-34-57(98-55)65-53(81)35-71(99-58,100-65)23-20-51-30-41(4)54(96-51)16-14-49-29-40(3)42(5)43(6)95-49/h10-13,39-40,43,45,48-58,63-66,80-81H,4-5,8-9,14-38H2,1-3,6-7H3,(H,74,89)(H,75,86)(H,76,87)(H,77,82)(H3,72,73,88)/t40-,43-,45?,48?,49?,50?,51?,52?,53-,54+,55?,56-,57?,58?,63?,64-,65?,66+,71-/m1/s1. The minimum Gasteiger partial charge on any atom is -0.445 e. The van der Waals surface area contributed by atoms with E-state index in [1.165, 1.54) is 7.11 Å². The number of hydrogen-bond donors (Lipinski definition) is 8. The van der Waals surface area contributed by atoms with E-state index in [1.54, 1.807) is 38.1 Å². The van der Waals surface area contributed by atoms with Crippen LogP contribution in [-0.2, 0) is 97.1 Å². The van der Waals surface area contributed by atoms with Crippen LogP contribution in [0.4, 0.5) is 15.3 Å². The summed E-state index contributed by atoms with van der Waals surface area (Å²) < 4.78 is 67.9. The van der Waals surface area contributed by atoms with Gasteiger partial charge in [0.15, 0.2) is 5.79 Å². The topological polar surface area (TPSA) is 394 Å². The number of Topliss-reactive ketones (excluding diaryl/α,β-unsaturated/α-hetero) is 1. The number of aliphatic hydroxyl groups excluding tert-OH is 2. The van der Waals surface area contributed by atoms with Gasteiger partial charge in [0.1, 0.15) is 36.7 Å². The van der Waals surface area contributed by atoms with Gasteiger partial charge in [-0.1, -0.05) is 46.1 Å². The van der Waals surface area contributed by atoms with Gasteiger partial charge in [-0.05, 0) is 105 Å². The zero-order valence-corrected chi connectivity index (χ0v) is 58.8. The maximum atomic E-state index is 13.8. The first-order chi connectivity index (χ1) is 48.3. The van der Waals surface area contributed by atoms with Crippen LogP contribution in [0.25, 0.3) is 0 Å². The van der Waals surface area contributed by atoms with Crippen LogP contribution in [0.1, 0.15) is 155 Å². The first kappa shape index (κ1) is 78.6. The second-order valence-corrected chi connectivity index (χ2v) is 28.4. The Balaban J connectivity index is 0.653. The molecule has 30 heteroatoms. The van der Waals surface area contributed by atoms with Gasteiger partial charge in [0.25, 0.3) is 11.8 Å². The van der Waals surface area contributed by atoms with Crippen LogP contribution in [0.3, 0.4) is 0 Å². The van der Waals surface area contributed by atoms with E-state index in [9.17, 15) is 53.4 Å². The molecule has 19 atom stereocenters. The van der Waals surface area contributed by atoms with Gasteiger partial charge in [-0.25, -0.2) is 14.4 Å². The number of imide groups is 1. The summed E-state index contributed by atoms with van der Waals surface area (Å²) in [6, 6.07) is 3.47. The van der Waals surface area contributed by atoms with Crippen molar-refractivity contribution >= 4 is 59.1 Å². The number of hydroxylamine groups is 2. The van der Waals surface area contributed by atoms with Crippen molar-refractivity contribution in [1.29, 1.82) is 0 Å². The number of rotatable bonds is 37. The van der Waals surface area contributed by atoms with E-state index >= 15 is 0 Å². The third-order valence-electron chi connectivity index (χ3n) is 20.2. The number of ether oxygens (including phenoxy) is 11. The number of nitrogens with zero attached hydrogens (tertiary/aromatic N) is 1. The molecule has 0 spiro atoms. The van der Waals surface area contributed by atoms with Crippen LogP contribution in [0.15, 0.2) is 48.6 Å². The van der Waals surface area contributed by atoms with Gasteiger partial charge < -0.3 is 99.5 Å². The summed E-state index contributed by atoms with van der Waals surface area (Å²) in [4.78, 5) is 118. The molecular formula is C71H105N7O23. The number of nitrogens with two attached hydrogens (primary N) is 1. The highest BCUT2D eigenvalue weighted by Gasteiger charge is 2.60. The van der Waals surface area contributed by atoms with E-state index in [0.29, 0.717) is 60.8 Å². The minimum absolute atomic E-state index is 0.00902. The third kappa shape index (κ3) is 22.5. The molecule has 8 amide bonds. The molecule has 0 saturated carbocycles. The Morgan fingerprint density at radius 1 is 0.802 bits per heavy atom. The Morgan fingerprint density at radius 3 is 2.26 bits per heavy atom. The zero-order valence-electron chi connectivity index (χ0n) is 58.8. The largest absolute Gasteiger partial charge is 0.445 e. The van der Waals surface area contributed by atoms with Crippen molar-refractivity contribution in [2.75, 3.05) is 58.6 Å². The quantitative estimate of drug-likeness (QED) is 0.0264. The normalized spacial score (nSPS) is 30.8. The highest BCUT2D eigenvalue weighted by Crippen LogP contribution is 2.49. The molecule has 4 bridgehead atoms. The number of hydrogen-bond acceptors (Lipinski definition) is 23. The second kappa shape index (κ2) is 37.2. The Labute approximate surface area is 589 Å². The van der Waals surface area contributed by atoms with Gasteiger partial charge >= 0.3 is 18.1 Å². The van der Waals surface area contributed by atoms with Gasteiger partial charge in [0.05, 0.1) is 113 Å². The van der Waals surface area contributed by atoms with Crippen molar-refractivity contribution in [3.8, 4) is 0 Å². The van der Waals surface area contributed by atoms with Crippen LogP contribution < -0.4 is 32.3 Å². The Kier molecular flexibility index (Phi) is 29.0. The van der Waals surface area contributed by atoms with E-state index < -0.39 is 108 Å². The van der Waals surface area contributed by atoms with Gasteiger partial charge in [-0.3, -0.25) is 28.8 Å². The molecule has 8 fully saturated rings. The number of carbonyl (C=O) groups is 9. The summed E-state index contributed by atoms with van der Waals surface area (Å²) in [5, 5.41) is 36.0. The van der Waals surface area contributed by atoms with E-state index in [-0.39, 0.29) is 171 Å². The summed E-state index contributed by atoms with van der Waals surface area (Å²) in [6.07, 6.45) is 1.24. The first-order valence-electron chi connectivity index (χ1n) is 35.8. The number of carbonyl (C=O) groups excluding carboxylic acids is 9. The molecule has 101 heavy (non-hydrogen) atoms. The van der Waals surface area contributed by atoms with Gasteiger partial charge in [0, 0.05) is 89.6 Å². The molecule has 1 aromatic carbocycles. The maximum absolute atomic E-state index is 13.8. The molecule has 8 aliphatic heterocycles. The summed E-state index contributed by atoms with van der Waals surface area (Å²) in [5.41, 5.74) is 8.37. The number of nitrogens with one attached hydrogen (secondary N) is 5. The van der Waals surface area contributed by atoms with Crippen molar-refractivity contribution < 1.29 is 110 Å². The second-order valence-electron chi connectivity index (χ2n) is 28.4. The molecule has 8 heterocycles. The number of benzene rings is 1. The molecule has 9 rings (SSSR count). The monoisotopic (exact) mass is 1420 g/mol. The van der Waals surface area contributed by atoms with Crippen molar-refractivity contribution in [2.24, 2.45) is 23.5 Å². The highest BCUT2D eigenvalue weighted by molar-refractivity contribution is 6.01. The van der Waals surface area contributed by atoms with E-state index in [0.717, 1.165) is 36.8 Å². The Hall–Kier alpha value is -6.55. The summed E-state index contributed by atoms with van der Waals surface area (Å²) in [6.45, 7) is 16.4. The molecule has 9 N–H and O–H groups in total. The number of aliphatic hydroxyl groups is 2. The van der Waals surface area contributed by atoms with Crippen LogP contribution in [0, 0.1) is 17.8 Å². The minimum atomic E-state index is -1.12. The number of amides is 8. The molecule has 0 aliphatic carbocycles. The lowest BCUT2D eigenvalue weighted by atomic mass is 9.85. The number of methoxy groups -OCH3 is 1. The summed E-state index contributed by atoms with van der Waals surface area (Å²) in [7, 11) is 1.54. The van der Waals surface area contributed by atoms with Crippen molar-refractivity contribution in [3.63, 3.8) is 0 Å². The number of alkyl carbamates (subject to hydrolysis) is 1. The average molecular weight is 1420 g/mol. The van der Waals surface area contributed by atoms with Crippen molar-refractivity contribution in [2.45, 2.75) is 260 Å². The number of primary amides is 1. The number of urea groups is 1. The zero-order chi connectivity index (χ0) is 72.5. The smallest absolute Gasteiger partial charge is 0.407 e. The molecule has 1 aromatic rings. The van der Waals surface area contributed by atoms with Gasteiger partial charge in [-0.15, -0.1) is 5.06 Å². The molecule has 11 unspecified atom stereocenters. The fourth-order valence-electron chi connectivity index (χ4n) is 14.7. The summed E-state index contributed by atoms with van der Waals surface area (Å²) >= 11 is 0. The van der Waals surface area contributed by atoms with E-state index in [2.05, 4.69) is 53.6 Å². The summed E-state index contributed by atoms with van der Waals surface area (Å²) in [5.74, 6) is -5.02. The Bertz CT molecular complexity index is 3020. The van der Waals surface area contributed by atoms with E-state index in [1.807, 2.05) is 0 Å². The van der Waals surface area contributed by atoms with Crippen LogP contribution >= 0.6 is 0 Å². The van der Waals surface area contributed by atoms with Gasteiger partial charge in [-0.2, -0.15) is 0 Å². The number of ketones is 1. The molecule has 8 aliphatic rings. The van der Waals surface area contributed by atoms with Gasteiger partial charge in [0.2, 0.25) is 17.7 Å². The average Bonchev–Trinajstić information content (AvgIpc) is 1.61. The fraction of sp³-hybridized carbons (Fsp3) is 0.732. The number of anilines is 1. The lowest BCUT2D eigenvalue weighted by Gasteiger charge is -2.47. The lowest BCUT2D eigenvalue weighted by Crippen LogP contribution is -2.58. The van der Waals surface area contributed by atoms with E-state index in [4.69, 9.17) is 62.7 Å². The third-order valence-corrected chi connectivity index (χ3v) is 20.2. The van der Waals surface area contributed by atoms with Crippen LogP contribution in [0.5, 0.6) is 0 Å². The molecule has 8 saturated heterocycles. The van der Waals surface area contributed by atoms with Crippen LogP contribution in [-0.4, -0.2) is 225 Å². The lowest BCUT2D eigenvalue weighted by molar-refractivity contribution is -0.277. The fourth-order valence-corrected chi connectivity index (χ4v) is 14.7. The molecule has 0 aromatic heterocycles. The van der Waals surface area contributed by atoms with Crippen molar-refractivity contribution in [3.05, 3.63) is 54.1 Å². The Morgan fingerprint density at radius 2 is 1.54 bits per heavy atom. The molecule has 562 valence electrons. The highest BCUT2D eigenvalue weighted by atomic mass is 16.7. The number of fused-ring (bicyclic) bond motifs is 7. The molecule has 0 radical (unpaired) electrons. The van der Waals surface area contributed by atoms with Crippen LogP contribution in [0.2, 0.25) is 0 Å². The van der Waals surface area contributed by atoms with Crippen molar-refractivity contribution in [1.82, 2.24) is 26.3 Å². The predicted molar refractivity (Wildman–Crippen MR) is 358 cm³/mol. The molecule has 30 nitrogen and oxygen atoms in total. The predicted octanol–water partition coefficient (Wildman–Crippen LogP) is 4.07. The SMILES string of the molecule is C=C1CC(CC[C@]23C[C@@H](O)C(O2)C2CC(O3)[C@H]3OC(CC(=O)CC4CO[C@H](CC(O)CNC(=O)OCc5ccc(NC(=O)C(CCCNC(N)=O)NC(=O)C(NC(=O)CCOCCOCCC(=O)ON6C(=O)CCC6=O)C(C)C)cc5)[C@@H]4OC)CCC3O2)O[C@H]1CCC1C[C@@H](C)C(=C)[C@@H](C)O1. The first-order valence-corrected chi connectivity index (χ1v) is 35.8. The molecular weight excluding hydrogens is 1320 g/mol.